The second-order valence-electron chi connectivity index (χ2n) is 11.9. The quantitative estimate of drug-likeness (QED) is 0.0925. The number of allylic oxidation sites excluding steroid dienone is 1. The minimum absolute atomic E-state index is 0.0139. The third-order valence-electron chi connectivity index (χ3n) is 9.22. The number of nitrogens with one attached hydrogen (secondary N) is 1. The monoisotopic (exact) mass is 673 g/mol. The summed E-state index contributed by atoms with van der Waals surface area (Å²) in [5.41, 5.74) is 3.06. The fraction of sp³-hybridized carbons (Fsp3) is 0.343. The van der Waals surface area contributed by atoms with Gasteiger partial charge in [-0.15, -0.1) is 0 Å². The third-order valence-corrected chi connectivity index (χ3v) is 9.52. The van der Waals surface area contributed by atoms with Gasteiger partial charge in [0.2, 0.25) is 0 Å². The Morgan fingerprint density at radius 1 is 1.02 bits per heavy atom. The van der Waals surface area contributed by atoms with Crippen LogP contribution in [0.1, 0.15) is 48.9 Å². The van der Waals surface area contributed by atoms with Crippen molar-refractivity contribution in [1.82, 2.24) is 20.2 Å². The summed E-state index contributed by atoms with van der Waals surface area (Å²) in [5, 5.41) is 25.7. The molecule has 1 saturated heterocycles. The molecule has 3 aromatic carbocycles. The number of hydrogen-bond acceptors (Lipinski definition) is 9. The molecule has 48 heavy (non-hydrogen) atoms. The number of amides is 2. The second-order valence-corrected chi connectivity index (χ2v) is 12.2. The number of esters is 1. The zero-order chi connectivity index (χ0) is 34.4. The molecule has 0 radical (unpaired) electrons. The molecule has 1 atom stereocenters. The van der Waals surface area contributed by atoms with Gasteiger partial charge in [0.05, 0.1) is 31.3 Å². The molecular weight excluding hydrogens is 634 g/mol. The normalized spacial score (nSPS) is 17.8. The Balaban J connectivity index is 1.27. The van der Waals surface area contributed by atoms with Crippen LogP contribution in [0.5, 0.6) is 5.75 Å². The average molecular weight is 674 g/mol. The molecule has 0 aliphatic carbocycles. The summed E-state index contributed by atoms with van der Waals surface area (Å²) in [6.07, 6.45) is 2.29. The van der Waals surface area contributed by atoms with Gasteiger partial charge in [0.25, 0.3) is 5.69 Å². The van der Waals surface area contributed by atoms with Crippen molar-refractivity contribution in [3.63, 3.8) is 0 Å². The first kappa shape index (κ1) is 34.5. The number of benzene rings is 3. The largest absolute Gasteiger partial charge is 0.497 e. The summed E-state index contributed by atoms with van der Waals surface area (Å²) in [5.74, 6) is 0.106. The van der Waals surface area contributed by atoms with E-state index in [1.165, 1.54) is 42.5 Å². The van der Waals surface area contributed by atoms with Gasteiger partial charge in [-0.2, -0.15) is 0 Å². The maximum atomic E-state index is 13.7. The molecule has 2 aliphatic heterocycles. The summed E-state index contributed by atoms with van der Waals surface area (Å²) < 4.78 is 10.4. The fourth-order valence-electron chi connectivity index (χ4n) is 6.64. The number of nitro groups is 1. The molecule has 2 amide bonds. The first-order valence-electron chi connectivity index (χ1n) is 15.7. The van der Waals surface area contributed by atoms with Crippen LogP contribution >= 0.6 is 12.2 Å². The van der Waals surface area contributed by atoms with Crippen LogP contribution in [-0.4, -0.2) is 82.5 Å². The minimum atomic E-state index is -1.08. The van der Waals surface area contributed by atoms with Gasteiger partial charge < -0.3 is 19.7 Å². The molecule has 3 aromatic rings. The number of nitrogens with zero attached hydrogens (tertiary/aromatic N) is 4. The van der Waals surface area contributed by atoms with Crippen molar-refractivity contribution in [3.8, 4) is 5.75 Å². The number of non-ortho nitro benzene ring substituents is 1. The molecule has 12 nitrogen and oxygen atoms in total. The molecule has 5 rings (SSSR count). The second kappa shape index (κ2) is 14.9. The molecule has 2 heterocycles. The van der Waals surface area contributed by atoms with Gasteiger partial charge in [0.1, 0.15) is 11.8 Å². The predicted molar refractivity (Wildman–Crippen MR) is 183 cm³/mol. The molecule has 1 unspecified atom stereocenters. The number of hydrogen-bond donors (Lipinski definition) is 2. The highest BCUT2D eigenvalue weighted by Gasteiger charge is 2.42. The first-order chi connectivity index (χ1) is 23.1. The lowest BCUT2D eigenvalue weighted by molar-refractivity contribution is -0.384. The number of carbonyl (C=O) groups excluding carboxylic acids is 2. The third kappa shape index (κ3) is 7.03. The van der Waals surface area contributed by atoms with E-state index in [1.807, 2.05) is 18.2 Å². The van der Waals surface area contributed by atoms with E-state index in [2.05, 4.69) is 46.6 Å². The van der Waals surface area contributed by atoms with Crippen LogP contribution in [0.3, 0.4) is 0 Å². The van der Waals surface area contributed by atoms with Gasteiger partial charge in [0.15, 0.2) is 5.11 Å². The molecule has 0 bridgehead atoms. The SMILES string of the molecule is COC(=O)C1=C(C)NC(=S)N(C(=O)N(O)CCCN2CCC(c3ccccc3)(c3ccc(OC)cc3)CC2)C1c1ccc([N+](=O)[O-])cc1. The van der Waals surface area contributed by atoms with Gasteiger partial charge >= 0.3 is 12.0 Å². The van der Waals surface area contributed by atoms with Gasteiger partial charge in [-0.3, -0.25) is 20.2 Å². The number of methoxy groups -OCH3 is 2. The zero-order valence-corrected chi connectivity index (χ0v) is 27.9. The number of nitro benzene ring substituents is 1. The van der Waals surface area contributed by atoms with Crippen molar-refractivity contribution < 1.29 is 29.2 Å². The van der Waals surface area contributed by atoms with Gasteiger partial charge in [-0.05, 0) is 99.0 Å². The fourth-order valence-corrected chi connectivity index (χ4v) is 6.98. The Hall–Kier alpha value is -4.85. The minimum Gasteiger partial charge on any atom is -0.497 e. The van der Waals surface area contributed by atoms with Crippen LogP contribution in [0.4, 0.5) is 10.5 Å². The number of likely N-dealkylation sites (tertiary alicyclic amines) is 1. The summed E-state index contributed by atoms with van der Waals surface area (Å²) in [6, 6.07) is 22.4. The van der Waals surface area contributed by atoms with E-state index in [9.17, 15) is 24.9 Å². The number of rotatable bonds is 10. The smallest absolute Gasteiger partial charge is 0.350 e. The van der Waals surface area contributed by atoms with Crippen molar-refractivity contribution in [2.75, 3.05) is 40.4 Å². The molecule has 0 spiro atoms. The van der Waals surface area contributed by atoms with Gasteiger partial charge in [-0.1, -0.05) is 42.5 Å². The Kier molecular flexibility index (Phi) is 10.7. The molecule has 1 fully saturated rings. The van der Waals surface area contributed by atoms with Crippen molar-refractivity contribution in [2.24, 2.45) is 0 Å². The van der Waals surface area contributed by atoms with Crippen molar-refractivity contribution >= 4 is 35.0 Å². The molecule has 0 aromatic heterocycles. The lowest BCUT2D eigenvalue weighted by Gasteiger charge is -2.43. The van der Waals surface area contributed by atoms with E-state index in [4.69, 9.17) is 21.7 Å². The summed E-state index contributed by atoms with van der Waals surface area (Å²) >= 11 is 5.50. The number of hydroxylamine groups is 2. The molecule has 13 heteroatoms. The maximum absolute atomic E-state index is 13.7. The molecule has 2 N–H and O–H groups in total. The van der Waals surface area contributed by atoms with E-state index in [0.717, 1.165) is 36.6 Å². The van der Waals surface area contributed by atoms with E-state index in [-0.39, 0.29) is 28.3 Å². The van der Waals surface area contributed by atoms with Crippen LogP contribution in [-0.2, 0) is 14.9 Å². The summed E-state index contributed by atoms with van der Waals surface area (Å²) in [7, 11) is 2.88. The highest BCUT2D eigenvalue weighted by atomic mass is 32.1. The Labute approximate surface area is 284 Å². The lowest BCUT2D eigenvalue weighted by Crippen LogP contribution is -2.55. The van der Waals surface area contributed by atoms with Crippen LogP contribution < -0.4 is 10.1 Å². The Morgan fingerprint density at radius 2 is 1.65 bits per heavy atom. The van der Waals surface area contributed by atoms with E-state index < -0.39 is 23.0 Å². The van der Waals surface area contributed by atoms with Crippen molar-refractivity contribution in [3.05, 3.63) is 117 Å². The summed E-state index contributed by atoms with van der Waals surface area (Å²) in [4.78, 5) is 40.8. The number of urea groups is 1. The van der Waals surface area contributed by atoms with Crippen LogP contribution in [0.2, 0.25) is 0 Å². The lowest BCUT2D eigenvalue weighted by atomic mass is 9.68. The molecule has 2 aliphatic rings. The predicted octanol–water partition coefficient (Wildman–Crippen LogP) is 5.57. The van der Waals surface area contributed by atoms with Gasteiger partial charge in [0, 0.05) is 23.2 Å². The maximum Gasteiger partial charge on any atom is 0.350 e. The Morgan fingerprint density at radius 3 is 2.23 bits per heavy atom. The van der Waals surface area contributed by atoms with E-state index >= 15 is 0 Å². The highest BCUT2D eigenvalue weighted by molar-refractivity contribution is 7.80. The average Bonchev–Trinajstić information content (AvgIpc) is 3.11. The molecule has 0 saturated carbocycles. The zero-order valence-electron chi connectivity index (χ0n) is 27.1. The number of ether oxygens (including phenoxy) is 2. The number of thiocarbonyl (C=S) groups is 1. The standard InChI is InChI=1S/C35H39N5O7S/c1-24-30(32(41)47-3)31(25-10-14-28(15-11-25)40(44)45)39(33(48)36-24)34(42)38(43)21-7-20-37-22-18-35(19-23-37,26-8-5-4-6-9-26)27-12-16-29(46-2)17-13-27/h4-6,8-17,31,43H,7,18-23H2,1-3H3,(H,36,48). The Bertz CT molecular complexity index is 1670. The van der Waals surface area contributed by atoms with E-state index in [0.29, 0.717) is 29.3 Å². The van der Waals surface area contributed by atoms with Crippen LogP contribution in [0.15, 0.2) is 90.1 Å². The van der Waals surface area contributed by atoms with E-state index in [1.54, 1.807) is 14.0 Å². The highest BCUT2D eigenvalue weighted by Crippen LogP contribution is 2.42. The first-order valence-corrected chi connectivity index (χ1v) is 16.1. The topological polar surface area (TPSA) is 138 Å². The molecular formula is C35H39N5O7S. The number of piperidine rings is 1. The number of carbonyl (C=O) groups is 2. The summed E-state index contributed by atoms with van der Waals surface area (Å²) in [6.45, 7) is 3.94. The van der Waals surface area contributed by atoms with Crippen LogP contribution in [0.25, 0.3) is 0 Å². The van der Waals surface area contributed by atoms with Gasteiger partial charge in [-0.25, -0.2) is 14.7 Å². The van der Waals surface area contributed by atoms with Crippen molar-refractivity contribution in [2.45, 2.75) is 37.6 Å². The van der Waals surface area contributed by atoms with Crippen LogP contribution in [0, 0.1) is 10.1 Å². The van der Waals surface area contributed by atoms with Crippen molar-refractivity contribution in [1.29, 1.82) is 0 Å². The molecule has 252 valence electrons.